The molecule has 0 aromatic rings. The van der Waals surface area contributed by atoms with Crippen LogP contribution in [0.25, 0.3) is 0 Å². The van der Waals surface area contributed by atoms with Crippen molar-refractivity contribution in [2.75, 3.05) is 13.7 Å². The van der Waals surface area contributed by atoms with Crippen LogP contribution in [0.5, 0.6) is 0 Å². The summed E-state index contributed by atoms with van der Waals surface area (Å²) in [6, 6.07) is 0. The fourth-order valence-electron chi connectivity index (χ4n) is 1.98. The largest absolute Gasteiger partial charge is 0.394 e. The van der Waals surface area contributed by atoms with Crippen LogP contribution in [0.3, 0.4) is 0 Å². The summed E-state index contributed by atoms with van der Waals surface area (Å²) < 4.78 is 21.8. The van der Waals surface area contributed by atoms with Crippen molar-refractivity contribution in [3.63, 3.8) is 0 Å². The van der Waals surface area contributed by atoms with Crippen LogP contribution in [0, 0.1) is 0 Å². The van der Waals surface area contributed by atoms with Gasteiger partial charge in [0.1, 0.15) is 18.3 Å². The van der Waals surface area contributed by atoms with Gasteiger partial charge in [-0.3, -0.25) is 0 Å². The molecule has 5 nitrogen and oxygen atoms in total. The Hall–Kier alpha value is -0.200. The van der Waals surface area contributed by atoms with Crippen LogP contribution in [0.2, 0.25) is 0 Å². The minimum Gasteiger partial charge on any atom is -0.394 e. The Labute approximate surface area is 82.9 Å². The second-order valence-corrected chi connectivity index (χ2v) is 4.03. The van der Waals surface area contributed by atoms with Crippen molar-refractivity contribution < 1.29 is 24.1 Å². The SMILES string of the molecule is CO[C@@H]1OC(CO)C2OC(C)(C)OC21. The molecule has 2 saturated heterocycles. The zero-order chi connectivity index (χ0) is 10.3. The molecule has 2 rings (SSSR count). The van der Waals surface area contributed by atoms with Crippen molar-refractivity contribution in [1.29, 1.82) is 0 Å². The number of fused-ring (bicyclic) bond motifs is 1. The molecule has 0 radical (unpaired) electrons. The number of hydrogen-bond acceptors (Lipinski definition) is 5. The molecule has 0 aromatic heterocycles. The minimum atomic E-state index is -0.622. The van der Waals surface area contributed by atoms with E-state index in [9.17, 15) is 0 Å². The van der Waals surface area contributed by atoms with Gasteiger partial charge < -0.3 is 24.1 Å². The highest BCUT2D eigenvalue weighted by Gasteiger charge is 2.55. The standard InChI is InChI=1S/C9H16O5/c1-9(2)13-6-5(4-10)12-8(11-3)7(6)14-9/h5-8,10H,4H2,1-3H3/t5?,6?,7?,8-/m1/s1. The predicted molar refractivity (Wildman–Crippen MR) is 46.6 cm³/mol. The fraction of sp³-hybridized carbons (Fsp3) is 1.00. The smallest absolute Gasteiger partial charge is 0.186 e. The lowest BCUT2D eigenvalue weighted by Gasteiger charge is -2.22. The average Bonchev–Trinajstić information content (AvgIpc) is 2.57. The topological polar surface area (TPSA) is 57.2 Å². The molecule has 14 heavy (non-hydrogen) atoms. The van der Waals surface area contributed by atoms with Crippen molar-refractivity contribution in [3.8, 4) is 0 Å². The molecule has 0 aromatic carbocycles. The Morgan fingerprint density at radius 3 is 2.50 bits per heavy atom. The fourth-order valence-corrected chi connectivity index (χ4v) is 1.98. The first kappa shape index (κ1) is 10.3. The third-order valence-electron chi connectivity index (χ3n) is 2.52. The zero-order valence-corrected chi connectivity index (χ0v) is 8.60. The van der Waals surface area contributed by atoms with Gasteiger partial charge in [-0.05, 0) is 13.8 Å². The Morgan fingerprint density at radius 2 is 1.93 bits per heavy atom. The zero-order valence-electron chi connectivity index (χ0n) is 8.60. The molecule has 2 heterocycles. The highest BCUT2D eigenvalue weighted by Crippen LogP contribution is 2.38. The number of methoxy groups -OCH3 is 1. The molecule has 0 amide bonds. The number of rotatable bonds is 2. The molecule has 3 unspecified atom stereocenters. The van der Waals surface area contributed by atoms with E-state index in [1.807, 2.05) is 13.8 Å². The Morgan fingerprint density at radius 1 is 1.29 bits per heavy atom. The van der Waals surface area contributed by atoms with Crippen LogP contribution in [0.4, 0.5) is 0 Å². The second kappa shape index (κ2) is 3.43. The van der Waals surface area contributed by atoms with Gasteiger partial charge in [0.05, 0.1) is 6.61 Å². The molecular weight excluding hydrogens is 188 g/mol. The summed E-state index contributed by atoms with van der Waals surface area (Å²) in [7, 11) is 1.55. The molecule has 0 spiro atoms. The Bertz CT molecular complexity index is 197. The van der Waals surface area contributed by atoms with Gasteiger partial charge >= 0.3 is 0 Å². The quantitative estimate of drug-likeness (QED) is 0.679. The molecule has 5 heteroatoms. The van der Waals surface area contributed by atoms with E-state index in [4.69, 9.17) is 24.1 Å². The highest BCUT2D eigenvalue weighted by molar-refractivity contribution is 4.94. The van der Waals surface area contributed by atoms with Crippen LogP contribution in [0.15, 0.2) is 0 Å². The van der Waals surface area contributed by atoms with Crippen molar-refractivity contribution in [3.05, 3.63) is 0 Å². The molecule has 2 aliphatic heterocycles. The third-order valence-corrected chi connectivity index (χ3v) is 2.52. The Kier molecular flexibility index (Phi) is 2.53. The molecular formula is C9H16O5. The first-order chi connectivity index (χ1) is 6.57. The van der Waals surface area contributed by atoms with Crippen LogP contribution >= 0.6 is 0 Å². The lowest BCUT2D eigenvalue weighted by atomic mass is 10.1. The minimum absolute atomic E-state index is 0.0829. The van der Waals surface area contributed by atoms with E-state index in [2.05, 4.69) is 0 Å². The number of ether oxygens (including phenoxy) is 4. The van der Waals surface area contributed by atoms with Gasteiger partial charge in [-0.25, -0.2) is 0 Å². The summed E-state index contributed by atoms with van der Waals surface area (Å²) in [5.74, 6) is -0.622. The third kappa shape index (κ3) is 1.55. The molecule has 2 fully saturated rings. The van der Waals surface area contributed by atoms with E-state index in [0.717, 1.165) is 0 Å². The Balaban J connectivity index is 2.12. The number of aliphatic hydroxyl groups is 1. The van der Waals surface area contributed by atoms with Crippen molar-refractivity contribution >= 4 is 0 Å². The molecule has 1 N–H and O–H groups in total. The summed E-state index contributed by atoms with van der Waals surface area (Å²) in [5, 5.41) is 9.08. The first-order valence-electron chi connectivity index (χ1n) is 4.72. The maximum absolute atomic E-state index is 9.08. The normalized spacial score (nSPS) is 45.4. The predicted octanol–water partition coefficient (Wildman–Crippen LogP) is -0.130. The highest BCUT2D eigenvalue weighted by atomic mass is 16.8. The maximum Gasteiger partial charge on any atom is 0.186 e. The monoisotopic (exact) mass is 204 g/mol. The summed E-state index contributed by atoms with van der Waals surface area (Å²) >= 11 is 0. The molecule has 0 aliphatic carbocycles. The lowest BCUT2D eigenvalue weighted by molar-refractivity contribution is -0.230. The van der Waals surface area contributed by atoms with Gasteiger partial charge in [-0.1, -0.05) is 0 Å². The van der Waals surface area contributed by atoms with E-state index in [1.165, 1.54) is 0 Å². The van der Waals surface area contributed by atoms with Crippen LogP contribution in [0.1, 0.15) is 13.8 Å². The van der Waals surface area contributed by atoms with Gasteiger partial charge in [0, 0.05) is 7.11 Å². The number of aliphatic hydroxyl groups excluding tert-OH is 1. The summed E-state index contributed by atoms with van der Waals surface area (Å²) in [5.41, 5.74) is 0. The summed E-state index contributed by atoms with van der Waals surface area (Å²) in [6.07, 6.45) is -1.28. The van der Waals surface area contributed by atoms with E-state index in [0.29, 0.717) is 0 Å². The maximum atomic E-state index is 9.08. The first-order valence-corrected chi connectivity index (χ1v) is 4.72. The van der Waals surface area contributed by atoms with Crippen molar-refractivity contribution in [1.82, 2.24) is 0 Å². The van der Waals surface area contributed by atoms with Gasteiger partial charge in [0.15, 0.2) is 12.1 Å². The molecule has 82 valence electrons. The van der Waals surface area contributed by atoms with Crippen molar-refractivity contribution in [2.24, 2.45) is 0 Å². The van der Waals surface area contributed by atoms with Crippen molar-refractivity contribution in [2.45, 2.75) is 44.2 Å². The number of hydrogen-bond donors (Lipinski definition) is 1. The molecule has 0 bridgehead atoms. The van der Waals surface area contributed by atoms with Gasteiger partial charge in [-0.2, -0.15) is 0 Å². The average molecular weight is 204 g/mol. The van der Waals surface area contributed by atoms with Crippen LogP contribution in [-0.2, 0) is 18.9 Å². The van der Waals surface area contributed by atoms with Crippen LogP contribution < -0.4 is 0 Å². The van der Waals surface area contributed by atoms with E-state index >= 15 is 0 Å². The van der Waals surface area contributed by atoms with E-state index in [1.54, 1.807) is 7.11 Å². The second-order valence-electron chi connectivity index (χ2n) is 4.03. The van der Waals surface area contributed by atoms with E-state index in [-0.39, 0.29) is 24.9 Å². The molecule has 2 aliphatic rings. The summed E-state index contributed by atoms with van der Waals surface area (Å²) in [6.45, 7) is 3.60. The van der Waals surface area contributed by atoms with Crippen LogP contribution in [-0.4, -0.2) is 49.2 Å². The van der Waals surface area contributed by atoms with Gasteiger partial charge in [0.25, 0.3) is 0 Å². The van der Waals surface area contributed by atoms with Gasteiger partial charge in [0.2, 0.25) is 0 Å². The van der Waals surface area contributed by atoms with Gasteiger partial charge in [-0.15, -0.1) is 0 Å². The molecule has 4 atom stereocenters. The van der Waals surface area contributed by atoms with E-state index < -0.39 is 12.1 Å². The lowest BCUT2D eigenvalue weighted by Crippen LogP contribution is -2.31. The molecule has 0 saturated carbocycles. The summed E-state index contributed by atoms with van der Waals surface area (Å²) in [4.78, 5) is 0.